The van der Waals surface area contributed by atoms with Gasteiger partial charge in [-0.15, -0.1) is 0 Å². The van der Waals surface area contributed by atoms with Crippen LogP contribution in [0, 0.1) is 0 Å². The number of rotatable bonds is 7. The van der Waals surface area contributed by atoms with Crippen molar-refractivity contribution >= 4 is 11.6 Å². The molecule has 0 unspecified atom stereocenters. The fourth-order valence-electron chi connectivity index (χ4n) is 3.06. The molecule has 1 aliphatic heterocycles. The molecule has 1 saturated heterocycles. The third kappa shape index (κ3) is 3.62. The fraction of sp³-hybridized carbons (Fsp3) is 0.611. The number of amides is 1. The average Bonchev–Trinajstić information content (AvgIpc) is 2.85. The zero-order valence-electron chi connectivity index (χ0n) is 12.9. The third-order valence-electron chi connectivity index (χ3n) is 4.33. The first kappa shape index (κ1) is 15.1. The van der Waals surface area contributed by atoms with Crippen LogP contribution in [0.15, 0.2) is 24.3 Å². The summed E-state index contributed by atoms with van der Waals surface area (Å²) in [7, 11) is 0. The van der Waals surface area contributed by atoms with E-state index in [1.54, 1.807) is 0 Å². The van der Waals surface area contributed by atoms with Gasteiger partial charge in [-0.05, 0) is 43.4 Å². The molecule has 1 fully saturated rings. The molecule has 1 amide bonds. The molecule has 0 bridgehead atoms. The highest BCUT2D eigenvalue weighted by Crippen LogP contribution is 2.28. The van der Waals surface area contributed by atoms with Crippen molar-refractivity contribution in [2.24, 2.45) is 0 Å². The van der Waals surface area contributed by atoms with Crippen molar-refractivity contribution in [2.75, 3.05) is 4.90 Å². The lowest BCUT2D eigenvalue weighted by Crippen LogP contribution is -2.32. The van der Waals surface area contributed by atoms with Gasteiger partial charge in [0, 0.05) is 18.2 Å². The van der Waals surface area contributed by atoms with Crippen molar-refractivity contribution < 1.29 is 4.79 Å². The van der Waals surface area contributed by atoms with Crippen LogP contribution in [0.3, 0.4) is 0 Å². The normalized spacial score (nSPS) is 18.8. The molecule has 0 aromatic heterocycles. The molecule has 2 rings (SSSR count). The first-order valence-corrected chi connectivity index (χ1v) is 8.17. The number of unbranched alkanes of at least 4 members (excludes halogenated alkanes) is 3. The maximum atomic E-state index is 12.0. The maximum Gasteiger partial charge on any atom is 0.227 e. The summed E-state index contributed by atoms with van der Waals surface area (Å²) in [5.74, 6) is 0.285. The van der Waals surface area contributed by atoms with E-state index < -0.39 is 0 Å². The Morgan fingerprint density at radius 2 is 1.85 bits per heavy atom. The lowest BCUT2D eigenvalue weighted by Gasteiger charge is -2.24. The van der Waals surface area contributed by atoms with Gasteiger partial charge in [-0.2, -0.15) is 0 Å². The Kier molecular flexibility index (Phi) is 5.63. The zero-order chi connectivity index (χ0) is 14.4. The summed E-state index contributed by atoms with van der Waals surface area (Å²) in [6.07, 6.45) is 9.13. The van der Waals surface area contributed by atoms with Crippen molar-refractivity contribution in [1.82, 2.24) is 0 Å². The van der Waals surface area contributed by atoms with Gasteiger partial charge in [0.15, 0.2) is 0 Å². The van der Waals surface area contributed by atoms with Crippen molar-refractivity contribution in [2.45, 2.75) is 71.3 Å². The summed E-state index contributed by atoms with van der Waals surface area (Å²) in [6, 6.07) is 9.04. The van der Waals surface area contributed by atoms with Gasteiger partial charge in [-0.25, -0.2) is 0 Å². The highest BCUT2D eigenvalue weighted by molar-refractivity contribution is 5.96. The van der Waals surface area contributed by atoms with Crippen LogP contribution in [-0.4, -0.2) is 11.9 Å². The monoisotopic (exact) mass is 273 g/mol. The van der Waals surface area contributed by atoms with Crippen LogP contribution in [-0.2, 0) is 11.2 Å². The standard InChI is InChI=1S/C18H27NO/c1-3-5-6-7-8-15-9-11-17(12-10-15)19-16(4-2)13-14-18(19)20/h9-12,16H,3-8,13-14H2,1-2H3/t16-/m0/s1. The summed E-state index contributed by atoms with van der Waals surface area (Å²) in [5, 5.41) is 0. The smallest absolute Gasteiger partial charge is 0.227 e. The molecule has 0 aliphatic carbocycles. The van der Waals surface area contributed by atoms with Crippen LogP contribution in [0.1, 0.15) is 64.4 Å². The number of nitrogens with zero attached hydrogens (tertiary/aromatic N) is 1. The molecular weight excluding hydrogens is 246 g/mol. The number of anilines is 1. The Morgan fingerprint density at radius 3 is 2.50 bits per heavy atom. The van der Waals surface area contributed by atoms with E-state index in [-0.39, 0.29) is 5.91 Å². The lowest BCUT2D eigenvalue weighted by atomic mass is 10.1. The second kappa shape index (κ2) is 7.47. The SMILES string of the molecule is CCCCCCc1ccc(N2C(=O)CC[C@@H]2CC)cc1. The number of carbonyl (C=O) groups excluding carboxylic acids is 1. The Labute approximate surface area is 123 Å². The molecule has 1 heterocycles. The van der Waals surface area contributed by atoms with Crippen molar-refractivity contribution in [3.63, 3.8) is 0 Å². The minimum absolute atomic E-state index is 0.285. The van der Waals surface area contributed by atoms with E-state index >= 15 is 0 Å². The van der Waals surface area contributed by atoms with Gasteiger partial charge in [0.25, 0.3) is 0 Å². The minimum Gasteiger partial charge on any atom is -0.309 e. The predicted molar refractivity (Wildman–Crippen MR) is 85.1 cm³/mol. The molecule has 1 aromatic rings. The van der Waals surface area contributed by atoms with Crippen LogP contribution in [0.4, 0.5) is 5.69 Å². The largest absolute Gasteiger partial charge is 0.309 e. The van der Waals surface area contributed by atoms with E-state index in [0.717, 1.165) is 24.9 Å². The van der Waals surface area contributed by atoms with Gasteiger partial charge in [0.2, 0.25) is 5.91 Å². The topological polar surface area (TPSA) is 20.3 Å². The Morgan fingerprint density at radius 1 is 1.10 bits per heavy atom. The first-order valence-electron chi connectivity index (χ1n) is 8.17. The molecule has 0 spiro atoms. The number of benzene rings is 1. The maximum absolute atomic E-state index is 12.0. The highest BCUT2D eigenvalue weighted by atomic mass is 16.2. The molecule has 1 atom stereocenters. The Balaban J connectivity index is 1.95. The lowest BCUT2D eigenvalue weighted by molar-refractivity contribution is -0.117. The van der Waals surface area contributed by atoms with Gasteiger partial charge in [0.1, 0.15) is 0 Å². The molecule has 2 nitrogen and oxygen atoms in total. The molecule has 0 radical (unpaired) electrons. The van der Waals surface area contributed by atoms with E-state index in [4.69, 9.17) is 0 Å². The Bertz CT molecular complexity index is 424. The Hall–Kier alpha value is -1.31. The van der Waals surface area contributed by atoms with Gasteiger partial charge in [-0.3, -0.25) is 4.79 Å². The van der Waals surface area contributed by atoms with E-state index in [0.29, 0.717) is 12.5 Å². The number of hydrogen-bond acceptors (Lipinski definition) is 1. The summed E-state index contributed by atoms with van der Waals surface area (Å²) >= 11 is 0. The molecule has 1 aliphatic rings. The minimum atomic E-state index is 0.285. The van der Waals surface area contributed by atoms with Crippen molar-refractivity contribution in [3.05, 3.63) is 29.8 Å². The van der Waals surface area contributed by atoms with E-state index in [2.05, 4.69) is 38.1 Å². The second-order valence-electron chi connectivity index (χ2n) is 5.84. The van der Waals surface area contributed by atoms with Crippen LogP contribution < -0.4 is 4.90 Å². The van der Waals surface area contributed by atoms with Crippen LogP contribution >= 0.6 is 0 Å². The predicted octanol–water partition coefficient (Wildman–Crippen LogP) is 4.71. The molecule has 1 aromatic carbocycles. The van der Waals surface area contributed by atoms with Gasteiger partial charge in [0.05, 0.1) is 0 Å². The van der Waals surface area contributed by atoms with Crippen molar-refractivity contribution in [1.29, 1.82) is 0 Å². The highest BCUT2D eigenvalue weighted by Gasteiger charge is 2.30. The first-order chi connectivity index (χ1) is 9.76. The van der Waals surface area contributed by atoms with E-state index in [1.807, 2.05) is 4.90 Å². The summed E-state index contributed by atoms with van der Waals surface area (Å²) in [5.41, 5.74) is 2.47. The van der Waals surface area contributed by atoms with Gasteiger partial charge in [-0.1, -0.05) is 45.2 Å². The summed E-state index contributed by atoms with van der Waals surface area (Å²) < 4.78 is 0. The molecule has 0 N–H and O–H groups in total. The van der Waals surface area contributed by atoms with Crippen LogP contribution in [0.5, 0.6) is 0 Å². The van der Waals surface area contributed by atoms with Gasteiger partial charge < -0.3 is 4.90 Å². The molecule has 0 saturated carbocycles. The van der Waals surface area contributed by atoms with Crippen LogP contribution in [0.25, 0.3) is 0 Å². The molecule has 2 heteroatoms. The quantitative estimate of drug-likeness (QED) is 0.658. The summed E-state index contributed by atoms with van der Waals surface area (Å²) in [4.78, 5) is 14.0. The fourth-order valence-corrected chi connectivity index (χ4v) is 3.06. The van der Waals surface area contributed by atoms with Crippen molar-refractivity contribution in [3.8, 4) is 0 Å². The number of hydrogen-bond donors (Lipinski definition) is 0. The van der Waals surface area contributed by atoms with E-state index in [9.17, 15) is 4.79 Å². The molecular formula is C18H27NO. The zero-order valence-corrected chi connectivity index (χ0v) is 12.9. The summed E-state index contributed by atoms with van der Waals surface area (Å²) in [6.45, 7) is 4.41. The average molecular weight is 273 g/mol. The second-order valence-corrected chi connectivity index (χ2v) is 5.84. The number of carbonyl (C=O) groups is 1. The molecule has 110 valence electrons. The third-order valence-corrected chi connectivity index (χ3v) is 4.33. The molecule has 20 heavy (non-hydrogen) atoms. The van der Waals surface area contributed by atoms with Crippen LogP contribution in [0.2, 0.25) is 0 Å². The van der Waals surface area contributed by atoms with Gasteiger partial charge >= 0.3 is 0 Å². The van der Waals surface area contributed by atoms with E-state index in [1.165, 1.54) is 31.2 Å². The number of aryl methyl sites for hydroxylation is 1.